The molecule has 4 amide bonds. The number of hydrogen-bond donors (Lipinski definition) is 1. The molecule has 0 spiro atoms. The van der Waals surface area contributed by atoms with Gasteiger partial charge in [-0.25, -0.2) is 0 Å². The molecule has 6 rings (SSSR count). The molecule has 0 aromatic heterocycles. The first kappa shape index (κ1) is 23.0. The number of rotatable bonds is 4. The van der Waals surface area contributed by atoms with Crippen molar-refractivity contribution in [2.45, 2.75) is 31.8 Å². The third-order valence-corrected chi connectivity index (χ3v) is 7.52. The van der Waals surface area contributed by atoms with Gasteiger partial charge in [0.1, 0.15) is 12.3 Å². The number of phenols is 1. The lowest BCUT2D eigenvalue weighted by Crippen LogP contribution is -2.49. The number of benzene rings is 3. The van der Waals surface area contributed by atoms with Crippen molar-refractivity contribution in [3.05, 3.63) is 89.5 Å². The molecule has 1 fully saturated rings. The fourth-order valence-corrected chi connectivity index (χ4v) is 5.85. The van der Waals surface area contributed by atoms with Gasteiger partial charge in [0.15, 0.2) is 0 Å². The Morgan fingerprint density at radius 3 is 2.19 bits per heavy atom. The summed E-state index contributed by atoms with van der Waals surface area (Å²) in [5.74, 6) is -1.73. The average molecular weight is 496 g/mol. The number of carbonyl (C=O) groups excluding carboxylic acids is 4. The highest BCUT2D eigenvalue weighted by Gasteiger charge is 2.46. The summed E-state index contributed by atoms with van der Waals surface area (Å²) in [6, 6.07) is 20.2. The Morgan fingerprint density at radius 1 is 0.811 bits per heavy atom. The van der Waals surface area contributed by atoms with Crippen molar-refractivity contribution in [1.29, 1.82) is 0 Å². The largest absolute Gasteiger partial charge is 0.508 e. The van der Waals surface area contributed by atoms with E-state index in [2.05, 4.69) is 0 Å². The van der Waals surface area contributed by atoms with Crippen LogP contribution >= 0.6 is 0 Å². The van der Waals surface area contributed by atoms with Gasteiger partial charge < -0.3 is 14.9 Å². The van der Waals surface area contributed by atoms with Crippen LogP contribution in [-0.2, 0) is 16.1 Å². The topological polar surface area (TPSA) is 98.2 Å². The molecule has 8 heteroatoms. The SMILES string of the molecule is O=C1c2ccccc2C(=O)N1CC(=O)N1c2ccccc2N(Cc2cccc(O)c2)C(=O)[C@H]2CCC[C@H]21. The molecule has 2 aliphatic heterocycles. The second-order valence-electron chi connectivity index (χ2n) is 9.69. The number of fused-ring (bicyclic) bond motifs is 3. The Bertz CT molecular complexity index is 1420. The highest BCUT2D eigenvalue weighted by Crippen LogP contribution is 2.43. The van der Waals surface area contributed by atoms with E-state index < -0.39 is 30.2 Å². The Hall–Kier alpha value is -4.46. The minimum atomic E-state index is -0.485. The van der Waals surface area contributed by atoms with Gasteiger partial charge in [0, 0.05) is 6.04 Å². The number of nitrogens with zero attached hydrogens (tertiary/aromatic N) is 3. The first-order chi connectivity index (χ1) is 17.9. The van der Waals surface area contributed by atoms with Crippen LogP contribution in [0, 0.1) is 5.92 Å². The van der Waals surface area contributed by atoms with E-state index >= 15 is 0 Å². The van der Waals surface area contributed by atoms with Crippen molar-refractivity contribution in [1.82, 2.24) is 4.90 Å². The second kappa shape index (κ2) is 8.89. The predicted octanol–water partition coefficient (Wildman–Crippen LogP) is 3.74. The van der Waals surface area contributed by atoms with Gasteiger partial charge >= 0.3 is 0 Å². The summed E-state index contributed by atoms with van der Waals surface area (Å²) in [5.41, 5.74) is 2.52. The van der Waals surface area contributed by atoms with Crippen LogP contribution in [0.5, 0.6) is 5.75 Å². The van der Waals surface area contributed by atoms with E-state index in [1.807, 2.05) is 18.2 Å². The molecular formula is C29H25N3O5. The number of hydrogen-bond acceptors (Lipinski definition) is 5. The zero-order valence-corrected chi connectivity index (χ0v) is 20.0. The molecule has 1 N–H and O–H groups in total. The maximum Gasteiger partial charge on any atom is 0.262 e. The van der Waals surface area contributed by atoms with Crippen LogP contribution in [0.3, 0.4) is 0 Å². The van der Waals surface area contributed by atoms with Gasteiger partial charge in [0.05, 0.1) is 35.0 Å². The number of imide groups is 1. The summed E-state index contributed by atoms with van der Waals surface area (Å²) >= 11 is 0. The van der Waals surface area contributed by atoms with E-state index in [1.54, 1.807) is 64.4 Å². The third kappa shape index (κ3) is 3.76. The number of para-hydroxylation sites is 2. The van der Waals surface area contributed by atoms with E-state index in [1.165, 1.54) is 0 Å². The third-order valence-electron chi connectivity index (χ3n) is 7.52. The summed E-state index contributed by atoms with van der Waals surface area (Å²) in [4.78, 5) is 58.0. The fraction of sp³-hybridized carbons (Fsp3) is 0.241. The van der Waals surface area contributed by atoms with E-state index in [0.717, 1.165) is 16.9 Å². The molecule has 3 aromatic carbocycles. The van der Waals surface area contributed by atoms with Crippen LogP contribution in [0.1, 0.15) is 45.5 Å². The highest BCUT2D eigenvalue weighted by atomic mass is 16.3. The molecule has 3 aromatic rings. The van der Waals surface area contributed by atoms with Crippen molar-refractivity contribution < 1.29 is 24.3 Å². The predicted molar refractivity (Wildman–Crippen MR) is 136 cm³/mol. The lowest BCUT2D eigenvalue weighted by molar-refractivity contribution is -0.123. The fourth-order valence-electron chi connectivity index (χ4n) is 5.85. The van der Waals surface area contributed by atoms with Crippen molar-refractivity contribution in [3.8, 4) is 5.75 Å². The molecule has 1 saturated carbocycles. The molecule has 0 saturated heterocycles. The zero-order valence-electron chi connectivity index (χ0n) is 20.0. The Kier molecular flexibility index (Phi) is 5.52. The molecule has 2 atom stereocenters. The second-order valence-corrected chi connectivity index (χ2v) is 9.69. The van der Waals surface area contributed by atoms with E-state index in [-0.39, 0.29) is 24.2 Å². The molecule has 1 aliphatic carbocycles. The maximum atomic E-state index is 13.9. The minimum absolute atomic E-state index is 0.0747. The van der Waals surface area contributed by atoms with Crippen LogP contribution in [0.25, 0.3) is 0 Å². The van der Waals surface area contributed by atoms with Gasteiger partial charge in [-0.05, 0) is 54.8 Å². The Labute approximate surface area is 213 Å². The van der Waals surface area contributed by atoms with E-state index in [4.69, 9.17) is 0 Å². The van der Waals surface area contributed by atoms with Gasteiger partial charge in [0.2, 0.25) is 11.8 Å². The number of amides is 4. The number of phenolic OH excluding ortho intramolecular Hbond substituents is 1. The van der Waals surface area contributed by atoms with Crippen LogP contribution in [0.15, 0.2) is 72.8 Å². The van der Waals surface area contributed by atoms with Gasteiger partial charge in [-0.1, -0.05) is 42.8 Å². The van der Waals surface area contributed by atoms with Crippen molar-refractivity contribution in [3.63, 3.8) is 0 Å². The number of carbonyl (C=O) groups is 4. The summed E-state index contributed by atoms with van der Waals surface area (Å²) in [6.07, 6.45) is 2.09. The first-order valence-corrected chi connectivity index (χ1v) is 12.4. The number of aromatic hydroxyl groups is 1. The molecule has 8 nitrogen and oxygen atoms in total. The van der Waals surface area contributed by atoms with Gasteiger partial charge in [-0.2, -0.15) is 0 Å². The summed E-state index contributed by atoms with van der Waals surface area (Å²) < 4.78 is 0. The van der Waals surface area contributed by atoms with Gasteiger partial charge in [0.25, 0.3) is 11.8 Å². The molecule has 3 aliphatic rings. The summed E-state index contributed by atoms with van der Waals surface area (Å²) in [7, 11) is 0. The Balaban J connectivity index is 1.37. The maximum absolute atomic E-state index is 13.9. The molecule has 37 heavy (non-hydrogen) atoms. The summed E-state index contributed by atoms with van der Waals surface area (Å²) in [6.45, 7) is -0.154. The van der Waals surface area contributed by atoms with Crippen LogP contribution in [-0.4, -0.2) is 46.2 Å². The molecule has 0 bridgehead atoms. The molecule has 2 heterocycles. The highest BCUT2D eigenvalue weighted by molar-refractivity contribution is 6.23. The van der Waals surface area contributed by atoms with Crippen LogP contribution in [0.2, 0.25) is 0 Å². The molecule has 0 radical (unpaired) electrons. The monoisotopic (exact) mass is 495 g/mol. The molecule has 0 unspecified atom stereocenters. The zero-order chi connectivity index (χ0) is 25.7. The van der Waals surface area contributed by atoms with Crippen molar-refractivity contribution in [2.24, 2.45) is 5.92 Å². The lowest BCUT2D eigenvalue weighted by Gasteiger charge is -2.31. The summed E-state index contributed by atoms with van der Waals surface area (Å²) in [5, 5.41) is 9.95. The van der Waals surface area contributed by atoms with Gasteiger partial charge in [-0.15, -0.1) is 0 Å². The average Bonchev–Trinajstić information content (AvgIpc) is 3.45. The van der Waals surface area contributed by atoms with E-state index in [9.17, 15) is 24.3 Å². The Morgan fingerprint density at radius 2 is 1.49 bits per heavy atom. The molecule has 186 valence electrons. The van der Waals surface area contributed by atoms with Crippen LogP contribution < -0.4 is 9.80 Å². The quantitative estimate of drug-likeness (QED) is 0.556. The normalized spacial score (nSPS) is 20.5. The first-order valence-electron chi connectivity index (χ1n) is 12.4. The standard InChI is InChI=1S/C29H25N3O5/c33-19-8-5-7-18(15-19)16-30-24-12-3-4-13-25(24)32(23-14-6-11-22(23)29(30)37)26(34)17-31-27(35)20-9-1-2-10-21(20)28(31)36/h1-5,7-10,12-13,15,22-23,33H,6,11,14,16-17H2/t22-,23+/m0/s1. The van der Waals surface area contributed by atoms with Crippen molar-refractivity contribution >= 4 is 35.0 Å². The van der Waals surface area contributed by atoms with Gasteiger partial charge in [-0.3, -0.25) is 24.1 Å². The van der Waals surface area contributed by atoms with Crippen LogP contribution in [0.4, 0.5) is 11.4 Å². The van der Waals surface area contributed by atoms with E-state index in [0.29, 0.717) is 35.3 Å². The molecular weight excluding hydrogens is 470 g/mol. The number of anilines is 2. The van der Waals surface area contributed by atoms with Crippen molar-refractivity contribution in [2.75, 3.05) is 16.3 Å². The minimum Gasteiger partial charge on any atom is -0.508 e. The smallest absolute Gasteiger partial charge is 0.262 e. The lowest BCUT2D eigenvalue weighted by atomic mass is 10.0.